The van der Waals surface area contributed by atoms with Gasteiger partial charge in [0, 0.05) is 30.5 Å². The van der Waals surface area contributed by atoms with Crippen LogP contribution in [0.2, 0.25) is 0 Å². The molecular formula is C25H28N2O4. The largest absolute Gasteiger partial charge is 0.383 e. The van der Waals surface area contributed by atoms with E-state index in [0.29, 0.717) is 30.0 Å². The molecule has 0 aromatic heterocycles. The van der Waals surface area contributed by atoms with Crippen molar-refractivity contribution in [1.82, 2.24) is 4.90 Å². The maximum Gasteiger partial charge on any atom is 0.254 e. The van der Waals surface area contributed by atoms with E-state index in [1.807, 2.05) is 23.1 Å². The number of ether oxygens (including phenoxy) is 1. The monoisotopic (exact) mass is 420 g/mol. The van der Waals surface area contributed by atoms with Crippen LogP contribution in [0.25, 0.3) is 0 Å². The van der Waals surface area contributed by atoms with Gasteiger partial charge in [-0.05, 0) is 55.7 Å². The van der Waals surface area contributed by atoms with Gasteiger partial charge in [0.1, 0.15) is 0 Å². The van der Waals surface area contributed by atoms with Crippen molar-refractivity contribution in [3.8, 4) is 0 Å². The fraction of sp³-hybridized carbons (Fsp3) is 0.400. The highest BCUT2D eigenvalue weighted by Crippen LogP contribution is 2.50. The van der Waals surface area contributed by atoms with Crippen LogP contribution in [0.4, 0.5) is 5.69 Å². The number of Topliss-reactive ketones (excluding diaryl/α,β-unsaturated/α-hetero) is 1. The lowest BCUT2D eigenvalue weighted by Gasteiger charge is -2.50. The van der Waals surface area contributed by atoms with Gasteiger partial charge in [-0.3, -0.25) is 14.4 Å². The van der Waals surface area contributed by atoms with Crippen molar-refractivity contribution in [3.05, 3.63) is 65.2 Å². The summed E-state index contributed by atoms with van der Waals surface area (Å²) in [6.45, 7) is 2.40. The summed E-state index contributed by atoms with van der Waals surface area (Å²) < 4.78 is 5.28. The Morgan fingerprint density at radius 2 is 1.77 bits per heavy atom. The van der Waals surface area contributed by atoms with Crippen LogP contribution >= 0.6 is 0 Å². The number of methoxy groups -OCH3 is 1. The zero-order valence-electron chi connectivity index (χ0n) is 18.0. The molecule has 0 bridgehead atoms. The Morgan fingerprint density at radius 3 is 2.42 bits per heavy atom. The van der Waals surface area contributed by atoms with Crippen molar-refractivity contribution >= 4 is 23.3 Å². The Labute approximate surface area is 182 Å². The van der Waals surface area contributed by atoms with Gasteiger partial charge < -0.3 is 15.0 Å². The van der Waals surface area contributed by atoms with E-state index in [1.165, 1.54) is 6.92 Å². The molecule has 2 aliphatic rings. The number of amides is 2. The minimum Gasteiger partial charge on any atom is -0.383 e. The molecule has 1 fully saturated rings. The highest BCUT2D eigenvalue weighted by molar-refractivity contribution is 6.05. The summed E-state index contributed by atoms with van der Waals surface area (Å²) in [5.74, 6) is -0.631. The minimum atomic E-state index is -0.548. The summed E-state index contributed by atoms with van der Waals surface area (Å²) >= 11 is 0. The summed E-state index contributed by atoms with van der Waals surface area (Å²) in [6, 6.07) is 14.4. The predicted octanol–water partition coefficient (Wildman–Crippen LogP) is 4.03. The zero-order chi connectivity index (χ0) is 22.0. The second-order valence-electron chi connectivity index (χ2n) is 8.40. The minimum absolute atomic E-state index is 0.0173. The second kappa shape index (κ2) is 8.63. The number of benzene rings is 2. The Hall–Kier alpha value is -2.99. The van der Waals surface area contributed by atoms with Crippen LogP contribution in [0.1, 0.15) is 64.8 Å². The number of carbonyl (C=O) groups is 3. The number of fused-ring (bicyclic) bond motifs is 1. The molecule has 1 spiro atoms. The van der Waals surface area contributed by atoms with E-state index in [0.717, 1.165) is 31.2 Å². The number of ketones is 1. The standard InChI is InChI=1S/C25H28N2O4/c1-17(28)18-9-11-19(12-10-18)26-23(29)22-20-7-3-4-8-21(20)24(30)27(15-16-31-2)25(22)13-5-6-14-25/h3-4,7-12,22H,5-6,13-16H2,1-2H3,(H,26,29)/t22-/m0/s1. The molecule has 162 valence electrons. The molecule has 0 unspecified atom stereocenters. The molecule has 2 aromatic carbocycles. The maximum atomic E-state index is 13.7. The number of anilines is 1. The van der Waals surface area contributed by atoms with Crippen LogP contribution in [0, 0.1) is 0 Å². The van der Waals surface area contributed by atoms with E-state index in [9.17, 15) is 14.4 Å². The van der Waals surface area contributed by atoms with Gasteiger partial charge in [0.2, 0.25) is 5.91 Å². The van der Waals surface area contributed by atoms with Gasteiger partial charge in [0.25, 0.3) is 5.91 Å². The maximum absolute atomic E-state index is 13.7. The van der Waals surface area contributed by atoms with Crippen LogP contribution in [0.15, 0.2) is 48.5 Å². The molecule has 2 amide bonds. The molecule has 1 atom stereocenters. The second-order valence-corrected chi connectivity index (χ2v) is 8.40. The molecule has 1 N–H and O–H groups in total. The zero-order valence-corrected chi connectivity index (χ0v) is 18.0. The Kier molecular flexibility index (Phi) is 5.92. The van der Waals surface area contributed by atoms with Crippen LogP contribution in [0.5, 0.6) is 0 Å². The quantitative estimate of drug-likeness (QED) is 0.716. The highest BCUT2D eigenvalue weighted by atomic mass is 16.5. The van der Waals surface area contributed by atoms with Crippen LogP contribution < -0.4 is 5.32 Å². The fourth-order valence-electron chi connectivity index (χ4n) is 5.18. The van der Waals surface area contributed by atoms with E-state index in [-0.39, 0.29) is 17.6 Å². The molecule has 6 heteroatoms. The normalized spacial score (nSPS) is 19.4. The summed E-state index contributed by atoms with van der Waals surface area (Å²) in [5.41, 5.74) is 2.07. The Morgan fingerprint density at radius 1 is 1.10 bits per heavy atom. The van der Waals surface area contributed by atoms with Crippen molar-refractivity contribution in [1.29, 1.82) is 0 Å². The summed E-state index contributed by atoms with van der Waals surface area (Å²) in [6.07, 6.45) is 3.54. The molecule has 2 aromatic rings. The van der Waals surface area contributed by atoms with Gasteiger partial charge in [0.15, 0.2) is 5.78 Å². The van der Waals surface area contributed by atoms with Gasteiger partial charge in [0.05, 0.1) is 18.1 Å². The topological polar surface area (TPSA) is 75.7 Å². The van der Waals surface area contributed by atoms with Gasteiger partial charge in [-0.1, -0.05) is 31.0 Å². The van der Waals surface area contributed by atoms with E-state index in [2.05, 4.69) is 5.32 Å². The third-order valence-corrected chi connectivity index (χ3v) is 6.63. The molecule has 1 saturated carbocycles. The first-order valence-electron chi connectivity index (χ1n) is 10.8. The van der Waals surface area contributed by atoms with E-state index < -0.39 is 11.5 Å². The third kappa shape index (κ3) is 3.76. The summed E-state index contributed by atoms with van der Waals surface area (Å²) in [5, 5.41) is 3.04. The number of carbonyl (C=O) groups excluding carboxylic acids is 3. The van der Waals surface area contributed by atoms with Crippen LogP contribution in [-0.4, -0.2) is 48.3 Å². The first kappa shape index (κ1) is 21.2. The average Bonchev–Trinajstić information content (AvgIpc) is 3.24. The molecule has 31 heavy (non-hydrogen) atoms. The molecule has 1 heterocycles. The predicted molar refractivity (Wildman–Crippen MR) is 118 cm³/mol. The molecule has 0 saturated heterocycles. The smallest absolute Gasteiger partial charge is 0.254 e. The Bertz CT molecular complexity index is 993. The molecule has 4 rings (SSSR count). The van der Waals surface area contributed by atoms with E-state index in [1.54, 1.807) is 37.4 Å². The lowest BCUT2D eigenvalue weighted by molar-refractivity contribution is -0.121. The van der Waals surface area contributed by atoms with Crippen molar-refractivity contribution in [3.63, 3.8) is 0 Å². The third-order valence-electron chi connectivity index (χ3n) is 6.63. The number of hydrogen-bond donors (Lipinski definition) is 1. The summed E-state index contributed by atoms with van der Waals surface area (Å²) in [4.78, 5) is 40.5. The first-order valence-corrected chi connectivity index (χ1v) is 10.8. The molecule has 1 aliphatic heterocycles. The van der Waals surface area contributed by atoms with Gasteiger partial charge in [-0.15, -0.1) is 0 Å². The van der Waals surface area contributed by atoms with Crippen LogP contribution in [-0.2, 0) is 9.53 Å². The highest BCUT2D eigenvalue weighted by Gasteiger charge is 2.55. The van der Waals surface area contributed by atoms with Crippen molar-refractivity contribution < 1.29 is 19.1 Å². The van der Waals surface area contributed by atoms with Gasteiger partial charge in [-0.2, -0.15) is 0 Å². The SMILES string of the molecule is COCCN1C(=O)c2ccccc2[C@@H](C(=O)Nc2ccc(C(C)=O)cc2)C12CCCC2. The van der Waals surface area contributed by atoms with Gasteiger partial charge >= 0.3 is 0 Å². The van der Waals surface area contributed by atoms with E-state index >= 15 is 0 Å². The van der Waals surface area contributed by atoms with Gasteiger partial charge in [-0.25, -0.2) is 0 Å². The number of nitrogens with zero attached hydrogens (tertiary/aromatic N) is 1. The number of hydrogen-bond acceptors (Lipinski definition) is 4. The molecule has 0 radical (unpaired) electrons. The van der Waals surface area contributed by atoms with Crippen molar-refractivity contribution in [2.75, 3.05) is 25.6 Å². The fourth-order valence-corrected chi connectivity index (χ4v) is 5.18. The number of nitrogens with one attached hydrogen (secondary N) is 1. The van der Waals surface area contributed by atoms with Crippen molar-refractivity contribution in [2.45, 2.75) is 44.1 Å². The summed E-state index contributed by atoms with van der Waals surface area (Å²) in [7, 11) is 1.62. The average molecular weight is 421 g/mol. The lowest BCUT2D eigenvalue weighted by atomic mass is 9.71. The molecule has 1 aliphatic carbocycles. The molecular weight excluding hydrogens is 392 g/mol. The van der Waals surface area contributed by atoms with Crippen molar-refractivity contribution in [2.24, 2.45) is 0 Å². The van der Waals surface area contributed by atoms with E-state index in [4.69, 9.17) is 4.74 Å². The Balaban J connectivity index is 1.73. The van der Waals surface area contributed by atoms with Crippen LogP contribution in [0.3, 0.4) is 0 Å². The molecule has 6 nitrogen and oxygen atoms in total. The number of rotatable bonds is 6. The lowest BCUT2D eigenvalue weighted by Crippen LogP contribution is -2.60. The first-order chi connectivity index (χ1) is 15.0.